The van der Waals surface area contributed by atoms with Gasteiger partial charge in [0.05, 0.1) is 5.60 Å². The fourth-order valence-corrected chi connectivity index (χ4v) is 2.10. The van der Waals surface area contributed by atoms with Crippen molar-refractivity contribution in [3.05, 3.63) is 0 Å². The lowest BCUT2D eigenvalue weighted by Gasteiger charge is -2.40. The van der Waals surface area contributed by atoms with Crippen LogP contribution in [0.2, 0.25) is 0 Å². The number of hydrogen-bond donors (Lipinski definition) is 1. The van der Waals surface area contributed by atoms with E-state index in [4.69, 9.17) is 0 Å². The first-order chi connectivity index (χ1) is 5.06. The quantitative estimate of drug-likeness (QED) is 0.606. The Labute approximate surface area is 71.2 Å². The topological polar surface area (TPSA) is 23.5 Å². The maximum absolute atomic E-state index is 9.92. The molecule has 2 nitrogen and oxygen atoms in total. The van der Waals surface area contributed by atoms with Crippen LogP contribution in [0.5, 0.6) is 0 Å². The van der Waals surface area contributed by atoms with Crippen LogP contribution in [-0.2, 0) is 0 Å². The molecule has 0 aliphatic carbocycles. The minimum absolute atomic E-state index is 0.429. The van der Waals surface area contributed by atoms with Crippen molar-refractivity contribution in [1.82, 2.24) is 4.67 Å². The molecule has 1 aliphatic rings. The van der Waals surface area contributed by atoms with E-state index in [1.54, 1.807) is 0 Å². The highest BCUT2D eigenvalue weighted by atomic mass is 31.0. The normalized spacial score (nSPS) is 40.9. The van der Waals surface area contributed by atoms with Crippen LogP contribution >= 0.6 is 9.39 Å². The summed E-state index contributed by atoms with van der Waals surface area (Å²) in [6.07, 6.45) is 1.97. The second-order valence-electron chi connectivity index (χ2n) is 3.71. The van der Waals surface area contributed by atoms with Gasteiger partial charge in [-0.2, -0.15) is 0 Å². The summed E-state index contributed by atoms with van der Waals surface area (Å²) in [7, 11) is 2.71. The van der Waals surface area contributed by atoms with Crippen molar-refractivity contribution in [2.24, 2.45) is 5.92 Å². The lowest BCUT2D eigenvalue weighted by atomic mass is 9.82. The van der Waals surface area contributed by atoms with Gasteiger partial charge in [-0.05, 0) is 19.8 Å². The van der Waals surface area contributed by atoms with Crippen molar-refractivity contribution in [2.75, 3.05) is 13.1 Å². The molecule has 1 N–H and O–H groups in total. The van der Waals surface area contributed by atoms with Gasteiger partial charge in [0, 0.05) is 19.0 Å². The summed E-state index contributed by atoms with van der Waals surface area (Å²) < 4.78 is 2.21. The maximum Gasteiger partial charge on any atom is 0.0672 e. The Morgan fingerprint density at radius 3 is 2.82 bits per heavy atom. The highest BCUT2D eigenvalue weighted by molar-refractivity contribution is 7.13. The Morgan fingerprint density at radius 1 is 1.73 bits per heavy atom. The highest BCUT2D eigenvalue weighted by Crippen LogP contribution is 2.30. The number of hydrogen-bond acceptors (Lipinski definition) is 2. The molecule has 0 amide bonds. The van der Waals surface area contributed by atoms with E-state index in [9.17, 15) is 5.11 Å². The van der Waals surface area contributed by atoms with Crippen LogP contribution in [0.15, 0.2) is 0 Å². The molecule has 0 bridgehead atoms. The molecule has 0 saturated carbocycles. The van der Waals surface area contributed by atoms with Crippen LogP contribution in [0.4, 0.5) is 0 Å². The third kappa shape index (κ3) is 2.14. The Kier molecular flexibility index (Phi) is 2.90. The second kappa shape index (κ2) is 3.38. The van der Waals surface area contributed by atoms with E-state index in [0.29, 0.717) is 5.92 Å². The van der Waals surface area contributed by atoms with Crippen LogP contribution in [-0.4, -0.2) is 28.5 Å². The van der Waals surface area contributed by atoms with E-state index in [1.165, 1.54) is 0 Å². The molecule has 1 fully saturated rings. The van der Waals surface area contributed by atoms with Crippen molar-refractivity contribution in [2.45, 2.75) is 32.3 Å². The SMILES string of the molecule is CCC1CN(P)CCC1(C)O. The average Bonchev–Trinajstić information content (AvgIpc) is 1.94. The van der Waals surface area contributed by atoms with E-state index < -0.39 is 5.60 Å². The van der Waals surface area contributed by atoms with Gasteiger partial charge < -0.3 is 5.11 Å². The van der Waals surface area contributed by atoms with Crippen LogP contribution in [0, 0.1) is 5.92 Å². The van der Waals surface area contributed by atoms with Crippen LogP contribution in [0.1, 0.15) is 26.7 Å². The average molecular weight is 175 g/mol. The number of aliphatic hydroxyl groups is 1. The first kappa shape index (κ1) is 9.44. The van der Waals surface area contributed by atoms with Crippen LogP contribution < -0.4 is 0 Å². The Balaban J connectivity index is 2.56. The van der Waals surface area contributed by atoms with E-state index in [-0.39, 0.29) is 0 Å². The molecule has 66 valence electrons. The third-order valence-electron chi connectivity index (χ3n) is 2.73. The fourth-order valence-electron chi connectivity index (χ4n) is 1.71. The molecule has 0 spiro atoms. The first-order valence-corrected chi connectivity index (χ1v) is 4.80. The summed E-state index contributed by atoms with van der Waals surface area (Å²) in [5, 5.41) is 9.92. The maximum atomic E-state index is 9.92. The molecule has 1 saturated heterocycles. The number of nitrogens with zero attached hydrogens (tertiary/aromatic N) is 1. The highest BCUT2D eigenvalue weighted by Gasteiger charge is 2.34. The van der Waals surface area contributed by atoms with Crippen molar-refractivity contribution >= 4 is 9.39 Å². The third-order valence-corrected chi connectivity index (χ3v) is 3.20. The molecule has 1 rings (SSSR count). The smallest absolute Gasteiger partial charge is 0.0672 e. The summed E-state index contributed by atoms with van der Waals surface area (Å²) in [6, 6.07) is 0. The van der Waals surface area contributed by atoms with Crippen molar-refractivity contribution in [1.29, 1.82) is 0 Å². The monoisotopic (exact) mass is 175 g/mol. The molecule has 3 heteroatoms. The summed E-state index contributed by atoms with van der Waals surface area (Å²) in [5.41, 5.74) is -0.429. The Morgan fingerprint density at radius 2 is 2.36 bits per heavy atom. The number of rotatable bonds is 1. The Hall–Kier alpha value is 0.350. The Bertz CT molecular complexity index is 138. The first-order valence-electron chi connectivity index (χ1n) is 4.28. The zero-order valence-corrected chi connectivity index (χ0v) is 8.53. The summed E-state index contributed by atoms with van der Waals surface area (Å²) in [6.45, 7) is 6.10. The molecule has 11 heavy (non-hydrogen) atoms. The number of piperidine rings is 1. The van der Waals surface area contributed by atoms with E-state index >= 15 is 0 Å². The van der Waals surface area contributed by atoms with Gasteiger partial charge in [0.15, 0.2) is 0 Å². The zero-order chi connectivity index (χ0) is 8.48. The lowest BCUT2D eigenvalue weighted by Crippen LogP contribution is -2.46. The summed E-state index contributed by atoms with van der Waals surface area (Å²) >= 11 is 0. The predicted octanol–water partition coefficient (Wildman–Crippen LogP) is 1.26. The van der Waals surface area contributed by atoms with Gasteiger partial charge in [0.2, 0.25) is 0 Å². The molecular formula is C8H18NOP. The van der Waals surface area contributed by atoms with Gasteiger partial charge in [0.25, 0.3) is 0 Å². The van der Waals surface area contributed by atoms with Gasteiger partial charge in [-0.25, -0.2) is 0 Å². The van der Waals surface area contributed by atoms with Gasteiger partial charge in [-0.3, -0.25) is 4.67 Å². The van der Waals surface area contributed by atoms with E-state index in [0.717, 1.165) is 25.9 Å². The predicted molar refractivity (Wildman–Crippen MR) is 50.3 cm³/mol. The standard InChI is InChI=1S/C8H18NOP/c1-3-7-6-9(11)5-4-8(7,2)10/h7,10H,3-6,11H2,1-2H3. The van der Waals surface area contributed by atoms with E-state index in [2.05, 4.69) is 21.0 Å². The van der Waals surface area contributed by atoms with Gasteiger partial charge in [0.1, 0.15) is 0 Å². The zero-order valence-electron chi connectivity index (χ0n) is 7.38. The molecule has 1 heterocycles. The van der Waals surface area contributed by atoms with Crippen LogP contribution in [0.3, 0.4) is 0 Å². The summed E-state index contributed by atoms with van der Waals surface area (Å²) in [4.78, 5) is 0. The van der Waals surface area contributed by atoms with Crippen molar-refractivity contribution < 1.29 is 5.11 Å². The van der Waals surface area contributed by atoms with Crippen LogP contribution in [0.25, 0.3) is 0 Å². The molecule has 0 aromatic carbocycles. The lowest BCUT2D eigenvalue weighted by molar-refractivity contribution is -0.0407. The van der Waals surface area contributed by atoms with Crippen molar-refractivity contribution in [3.63, 3.8) is 0 Å². The molecule has 3 atom stereocenters. The van der Waals surface area contributed by atoms with Gasteiger partial charge in [-0.15, -0.1) is 0 Å². The summed E-state index contributed by atoms with van der Waals surface area (Å²) in [5.74, 6) is 0.439. The molecule has 0 aromatic heterocycles. The van der Waals surface area contributed by atoms with Gasteiger partial charge >= 0.3 is 0 Å². The molecular weight excluding hydrogens is 157 g/mol. The fraction of sp³-hybridized carbons (Fsp3) is 1.00. The molecule has 0 radical (unpaired) electrons. The molecule has 1 aliphatic heterocycles. The minimum Gasteiger partial charge on any atom is -0.390 e. The molecule has 3 unspecified atom stereocenters. The second-order valence-corrected chi connectivity index (χ2v) is 4.44. The molecule has 0 aromatic rings. The van der Waals surface area contributed by atoms with Gasteiger partial charge in [-0.1, -0.05) is 16.3 Å². The van der Waals surface area contributed by atoms with Crippen molar-refractivity contribution in [3.8, 4) is 0 Å². The minimum atomic E-state index is -0.429. The van der Waals surface area contributed by atoms with E-state index in [1.807, 2.05) is 6.92 Å². The largest absolute Gasteiger partial charge is 0.390 e.